The highest BCUT2D eigenvalue weighted by Crippen LogP contribution is 2.19. The van der Waals surface area contributed by atoms with Crippen molar-refractivity contribution in [1.29, 1.82) is 0 Å². The summed E-state index contributed by atoms with van der Waals surface area (Å²) in [5.74, 6) is -10.6. The van der Waals surface area contributed by atoms with Gasteiger partial charge in [0.25, 0.3) is 5.91 Å². The van der Waals surface area contributed by atoms with Crippen molar-refractivity contribution < 1.29 is 32.3 Å². The third-order valence-electron chi connectivity index (χ3n) is 2.66. The fourth-order valence-electron chi connectivity index (χ4n) is 1.67. The average molecular weight is 307 g/mol. The van der Waals surface area contributed by atoms with E-state index in [1.165, 1.54) is 0 Å². The van der Waals surface area contributed by atoms with E-state index in [-0.39, 0.29) is 18.4 Å². The molecule has 1 rings (SSSR count). The average Bonchev–Trinajstić information content (AvgIpc) is 2.38. The summed E-state index contributed by atoms with van der Waals surface area (Å²) in [4.78, 5) is 22.7. The summed E-state index contributed by atoms with van der Waals surface area (Å²) in [6.07, 6.45) is 0.0366. The molecule has 0 unspecified atom stereocenters. The number of carbonyl (C=O) groups is 2. The third kappa shape index (κ3) is 3.93. The number of benzene rings is 1. The number of rotatable bonds is 5. The van der Waals surface area contributed by atoms with Gasteiger partial charge in [-0.05, 0) is 18.4 Å². The van der Waals surface area contributed by atoms with Crippen molar-refractivity contribution in [3.63, 3.8) is 0 Å². The van der Waals surface area contributed by atoms with Crippen LogP contribution in [-0.2, 0) is 4.79 Å². The van der Waals surface area contributed by atoms with Gasteiger partial charge in [-0.1, -0.05) is 13.8 Å². The molecule has 116 valence electrons. The molecule has 1 atom stereocenters. The normalized spacial score (nSPS) is 12.3. The summed E-state index contributed by atoms with van der Waals surface area (Å²) >= 11 is 0. The Hall–Kier alpha value is -2.12. The molecule has 0 saturated heterocycles. The number of carboxylic acid groups (broad SMARTS) is 1. The Bertz CT molecular complexity index is 575. The third-order valence-corrected chi connectivity index (χ3v) is 2.66. The summed E-state index contributed by atoms with van der Waals surface area (Å²) in [6, 6.07) is -1.18. The minimum absolute atomic E-state index is 0.0366. The Morgan fingerprint density at radius 1 is 1.14 bits per heavy atom. The van der Waals surface area contributed by atoms with Gasteiger partial charge in [0.2, 0.25) is 0 Å². The molecule has 1 aromatic rings. The number of aliphatic carboxylic acids is 1. The quantitative estimate of drug-likeness (QED) is 0.499. The van der Waals surface area contributed by atoms with E-state index in [9.17, 15) is 27.2 Å². The van der Waals surface area contributed by atoms with Crippen LogP contribution >= 0.6 is 0 Å². The lowest BCUT2D eigenvalue weighted by Gasteiger charge is -2.16. The van der Waals surface area contributed by atoms with Crippen molar-refractivity contribution in [2.24, 2.45) is 5.92 Å². The molecule has 4 nitrogen and oxygen atoms in total. The molecule has 0 aliphatic carbocycles. The SMILES string of the molecule is CC(C)C[C@@H](NC(=O)c1cc(F)c(F)c(F)c1F)C(=O)O. The number of nitrogens with one attached hydrogen (secondary N) is 1. The van der Waals surface area contributed by atoms with Crippen LogP contribution in [0.15, 0.2) is 6.07 Å². The second kappa shape index (κ2) is 6.55. The Morgan fingerprint density at radius 3 is 2.19 bits per heavy atom. The van der Waals surface area contributed by atoms with Crippen LogP contribution in [0, 0.1) is 29.2 Å². The summed E-state index contributed by atoms with van der Waals surface area (Å²) < 4.78 is 52.2. The first-order valence-electron chi connectivity index (χ1n) is 6.01. The highest BCUT2D eigenvalue weighted by atomic mass is 19.2. The molecule has 1 amide bonds. The molecule has 2 N–H and O–H groups in total. The van der Waals surface area contributed by atoms with E-state index in [4.69, 9.17) is 5.11 Å². The summed E-state index contributed by atoms with van der Waals surface area (Å²) in [6.45, 7) is 3.39. The molecule has 0 saturated carbocycles. The molecule has 0 aliphatic heterocycles. The fourth-order valence-corrected chi connectivity index (χ4v) is 1.67. The van der Waals surface area contributed by atoms with Crippen molar-refractivity contribution in [2.75, 3.05) is 0 Å². The van der Waals surface area contributed by atoms with E-state index in [0.29, 0.717) is 0 Å². The van der Waals surface area contributed by atoms with Crippen LogP contribution in [-0.4, -0.2) is 23.0 Å². The maximum Gasteiger partial charge on any atom is 0.326 e. The van der Waals surface area contributed by atoms with Gasteiger partial charge in [0, 0.05) is 0 Å². The molecular formula is C13H13F4NO3. The molecule has 0 fully saturated rings. The van der Waals surface area contributed by atoms with Crippen molar-refractivity contribution in [3.8, 4) is 0 Å². The van der Waals surface area contributed by atoms with Gasteiger partial charge in [0.1, 0.15) is 6.04 Å². The largest absolute Gasteiger partial charge is 0.480 e. The van der Waals surface area contributed by atoms with Gasteiger partial charge < -0.3 is 10.4 Å². The Labute approximate surface area is 117 Å². The van der Waals surface area contributed by atoms with Crippen LogP contribution < -0.4 is 5.32 Å². The van der Waals surface area contributed by atoms with Crippen molar-refractivity contribution in [1.82, 2.24) is 5.32 Å². The molecule has 0 aromatic heterocycles. The first-order chi connectivity index (χ1) is 9.65. The van der Waals surface area contributed by atoms with Crippen LogP contribution in [0.3, 0.4) is 0 Å². The molecule has 0 radical (unpaired) electrons. The predicted molar refractivity (Wildman–Crippen MR) is 64.6 cm³/mol. The van der Waals surface area contributed by atoms with Crippen LogP contribution in [0.5, 0.6) is 0 Å². The number of halogens is 4. The van der Waals surface area contributed by atoms with Crippen molar-refractivity contribution in [2.45, 2.75) is 26.3 Å². The molecule has 0 spiro atoms. The molecule has 0 bridgehead atoms. The van der Waals surface area contributed by atoms with E-state index in [1.54, 1.807) is 13.8 Å². The van der Waals surface area contributed by atoms with Gasteiger partial charge in [-0.3, -0.25) is 4.79 Å². The lowest BCUT2D eigenvalue weighted by atomic mass is 10.0. The highest BCUT2D eigenvalue weighted by molar-refractivity contribution is 5.96. The molecule has 1 aromatic carbocycles. The summed E-state index contributed by atoms with van der Waals surface area (Å²) in [5.41, 5.74) is -1.10. The fraction of sp³-hybridized carbons (Fsp3) is 0.385. The van der Waals surface area contributed by atoms with Crippen molar-refractivity contribution in [3.05, 3.63) is 34.9 Å². The van der Waals surface area contributed by atoms with E-state index in [2.05, 4.69) is 0 Å². The van der Waals surface area contributed by atoms with Gasteiger partial charge in [0.15, 0.2) is 23.3 Å². The van der Waals surface area contributed by atoms with E-state index >= 15 is 0 Å². The first-order valence-corrected chi connectivity index (χ1v) is 6.01. The smallest absolute Gasteiger partial charge is 0.326 e. The van der Waals surface area contributed by atoms with Gasteiger partial charge >= 0.3 is 5.97 Å². The number of amides is 1. The lowest BCUT2D eigenvalue weighted by Crippen LogP contribution is -2.42. The van der Waals surface area contributed by atoms with Gasteiger partial charge in [-0.15, -0.1) is 0 Å². The number of hydrogen-bond acceptors (Lipinski definition) is 2. The van der Waals surface area contributed by atoms with E-state index in [1.807, 2.05) is 5.32 Å². The maximum absolute atomic E-state index is 13.4. The van der Waals surface area contributed by atoms with Crippen LogP contribution in [0.2, 0.25) is 0 Å². The molecular weight excluding hydrogens is 294 g/mol. The predicted octanol–water partition coefficient (Wildman–Crippen LogP) is 2.47. The molecule has 21 heavy (non-hydrogen) atoms. The van der Waals surface area contributed by atoms with Gasteiger partial charge in [0.05, 0.1) is 5.56 Å². The van der Waals surface area contributed by atoms with Crippen LogP contribution in [0.25, 0.3) is 0 Å². The Morgan fingerprint density at radius 2 is 1.71 bits per heavy atom. The second-order valence-electron chi connectivity index (χ2n) is 4.84. The van der Waals surface area contributed by atoms with Crippen LogP contribution in [0.4, 0.5) is 17.6 Å². The second-order valence-corrected chi connectivity index (χ2v) is 4.84. The lowest BCUT2D eigenvalue weighted by molar-refractivity contribution is -0.139. The topological polar surface area (TPSA) is 66.4 Å². The molecule has 0 aliphatic rings. The Balaban J connectivity index is 3.06. The maximum atomic E-state index is 13.4. The minimum Gasteiger partial charge on any atom is -0.480 e. The van der Waals surface area contributed by atoms with Gasteiger partial charge in [-0.25, -0.2) is 22.4 Å². The van der Waals surface area contributed by atoms with E-state index < -0.39 is 46.8 Å². The monoisotopic (exact) mass is 307 g/mol. The number of carbonyl (C=O) groups excluding carboxylic acids is 1. The highest BCUT2D eigenvalue weighted by Gasteiger charge is 2.27. The summed E-state index contributed by atoms with van der Waals surface area (Å²) in [5, 5.41) is 10.9. The number of carboxylic acids is 1. The van der Waals surface area contributed by atoms with Crippen molar-refractivity contribution >= 4 is 11.9 Å². The summed E-state index contributed by atoms with van der Waals surface area (Å²) in [7, 11) is 0. The zero-order chi connectivity index (χ0) is 16.3. The van der Waals surface area contributed by atoms with Gasteiger partial charge in [-0.2, -0.15) is 0 Å². The number of hydrogen-bond donors (Lipinski definition) is 2. The van der Waals surface area contributed by atoms with Crippen LogP contribution in [0.1, 0.15) is 30.6 Å². The van der Waals surface area contributed by atoms with E-state index in [0.717, 1.165) is 0 Å². The standard InChI is InChI=1S/C13H13F4NO3/c1-5(2)3-8(13(20)21)18-12(19)6-4-7(14)10(16)11(17)9(6)15/h4-5,8H,3H2,1-2H3,(H,18,19)(H,20,21)/t8-/m1/s1. The minimum atomic E-state index is -2.13. The first kappa shape index (κ1) is 16.9. The molecule has 8 heteroatoms. The molecule has 0 heterocycles. The Kier molecular flexibility index (Phi) is 5.28. The zero-order valence-electron chi connectivity index (χ0n) is 11.2. The zero-order valence-corrected chi connectivity index (χ0v) is 11.2.